The van der Waals surface area contributed by atoms with Gasteiger partial charge in [-0.1, -0.05) is 23.2 Å². The minimum absolute atomic E-state index is 0.0609. The average molecular weight is 301 g/mol. The van der Waals surface area contributed by atoms with Crippen LogP contribution in [0.15, 0.2) is 24.3 Å². The van der Waals surface area contributed by atoms with Crippen LogP contribution in [0.1, 0.15) is 10.4 Å². The van der Waals surface area contributed by atoms with Gasteiger partial charge in [0.15, 0.2) is 10.3 Å². The lowest BCUT2D eigenvalue weighted by Gasteiger charge is -2.06. The standard InChI is InChI=1S/C12H7Cl2FN2O2/c1-19-12(18)7-2-6(3-8(15)4-7)9-5-10(13)16-17-11(9)14/h2-5H,1H3. The third-order valence-electron chi connectivity index (χ3n) is 2.35. The highest BCUT2D eigenvalue weighted by Crippen LogP contribution is 2.29. The molecule has 19 heavy (non-hydrogen) atoms. The number of rotatable bonds is 2. The molecule has 0 aliphatic heterocycles. The van der Waals surface area contributed by atoms with E-state index in [1.165, 1.54) is 25.3 Å². The fraction of sp³-hybridized carbons (Fsp3) is 0.0833. The minimum atomic E-state index is -0.648. The van der Waals surface area contributed by atoms with E-state index in [2.05, 4.69) is 14.9 Å². The summed E-state index contributed by atoms with van der Waals surface area (Å²) in [6.07, 6.45) is 0. The van der Waals surface area contributed by atoms with Crippen molar-refractivity contribution in [3.05, 3.63) is 46.0 Å². The van der Waals surface area contributed by atoms with Crippen LogP contribution in [-0.4, -0.2) is 23.3 Å². The molecule has 0 aliphatic rings. The van der Waals surface area contributed by atoms with Gasteiger partial charge < -0.3 is 4.74 Å². The van der Waals surface area contributed by atoms with E-state index in [0.29, 0.717) is 11.1 Å². The van der Waals surface area contributed by atoms with Crippen molar-refractivity contribution in [2.24, 2.45) is 0 Å². The quantitative estimate of drug-likeness (QED) is 0.798. The monoisotopic (exact) mass is 300 g/mol. The summed E-state index contributed by atoms with van der Waals surface area (Å²) >= 11 is 11.6. The normalized spacial score (nSPS) is 10.3. The first-order valence-corrected chi connectivity index (χ1v) is 5.85. The Kier molecular flexibility index (Phi) is 3.97. The first-order chi connectivity index (χ1) is 9.01. The van der Waals surface area contributed by atoms with Crippen molar-refractivity contribution < 1.29 is 13.9 Å². The number of carbonyl (C=O) groups excluding carboxylic acids is 1. The zero-order valence-electron chi connectivity index (χ0n) is 9.65. The van der Waals surface area contributed by atoms with Gasteiger partial charge in [-0.15, -0.1) is 10.2 Å². The summed E-state index contributed by atoms with van der Waals surface area (Å²) < 4.78 is 18.1. The van der Waals surface area contributed by atoms with E-state index < -0.39 is 11.8 Å². The van der Waals surface area contributed by atoms with Gasteiger partial charge in [-0.2, -0.15) is 0 Å². The molecule has 0 unspecified atom stereocenters. The van der Waals surface area contributed by atoms with E-state index in [-0.39, 0.29) is 15.9 Å². The molecule has 1 heterocycles. The Morgan fingerprint density at radius 2 is 1.95 bits per heavy atom. The van der Waals surface area contributed by atoms with E-state index in [0.717, 1.165) is 6.07 Å². The largest absolute Gasteiger partial charge is 0.465 e. The van der Waals surface area contributed by atoms with Gasteiger partial charge in [-0.05, 0) is 29.8 Å². The summed E-state index contributed by atoms with van der Waals surface area (Å²) in [7, 11) is 1.21. The van der Waals surface area contributed by atoms with Crippen molar-refractivity contribution >= 4 is 29.2 Å². The molecule has 0 aliphatic carbocycles. The summed E-state index contributed by atoms with van der Waals surface area (Å²) in [6.45, 7) is 0. The molecule has 7 heteroatoms. The van der Waals surface area contributed by atoms with Gasteiger partial charge in [0.2, 0.25) is 0 Å². The minimum Gasteiger partial charge on any atom is -0.465 e. The molecule has 0 saturated carbocycles. The SMILES string of the molecule is COC(=O)c1cc(F)cc(-c2cc(Cl)nnc2Cl)c1. The summed E-state index contributed by atoms with van der Waals surface area (Å²) in [4.78, 5) is 11.4. The van der Waals surface area contributed by atoms with Crippen LogP contribution in [0.2, 0.25) is 10.3 Å². The number of ether oxygens (including phenoxy) is 1. The first-order valence-electron chi connectivity index (χ1n) is 5.09. The molecule has 0 atom stereocenters. The van der Waals surface area contributed by atoms with E-state index in [1.54, 1.807) is 0 Å². The van der Waals surface area contributed by atoms with Crippen LogP contribution in [0.3, 0.4) is 0 Å². The summed E-state index contributed by atoms with van der Waals surface area (Å²) in [5.41, 5.74) is 0.815. The second-order valence-electron chi connectivity index (χ2n) is 3.59. The Hall–Kier alpha value is -1.72. The Morgan fingerprint density at radius 1 is 1.21 bits per heavy atom. The number of hydrogen-bond donors (Lipinski definition) is 0. The molecule has 0 spiro atoms. The predicted octanol–water partition coefficient (Wildman–Crippen LogP) is 3.38. The number of halogens is 3. The van der Waals surface area contributed by atoms with Crippen LogP contribution < -0.4 is 0 Å². The molecule has 4 nitrogen and oxygen atoms in total. The molecule has 0 radical (unpaired) electrons. The molecule has 1 aromatic carbocycles. The van der Waals surface area contributed by atoms with Crippen LogP contribution in [0.25, 0.3) is 11.1 Å². The molecule has 0 bridgehead atoms. The Balaban J connectivity index is 2.59. The molecular weight excluding hydrogens is 294 g/mol. The van der Waals surface area contributed by atoms with Crippen molar-refractivity contribution in [2.75, 3.05) is 7.11 Å². The summed E-state index contributed by atoms with van der Waals surface area (Å²) in [6, 6.07) is 5.16. The van der Waals surface area contributed by atoms with Crippen molar-refractivity contribution in [2.45, 2.75) is 0 Å². The maximum Gasteiger partial charge on any atom is 0.337 e. The van der Waals surface area contributed by atoms with Crippen LogP contribution in [-0.2, 0) is 4.74 Å². The highest BCUT2D eigenvalue weighted by Gasteiger charge is 2.13. The van der Waals surface area contributed by atoms with Gasteiger partial charge in [0.1, 0.15) is 5.82 Å². The van der Waals surface area contributed by atoms with Crippen LogP contribution >= 0.6 is 23.2 Å². The second kappa shape index (κ2) is 5.50. The van der Waals surface area contributed by atoms with Gasteiger partial charge in [0.05, 0.1) is 12.7 Å². The smallest absolute Gasteiger partial charge is 0.337 e. The fourth-order valence-corrected chi connectivity index (χ4v) is 1.88. The molecule has 0 N–H and O–H groups in total. The third kappa shape index (κ3) is 3.00. The third-order valence-corrected chi connectivity index (χ3v) is 2.81. The molecule has 98 valence electrons. The topological polar surface area (TPSA) is 52.1 Å². The van der Waals surface area contributed by atoms with Crippen LogP contribution in [0.4, 0.5) is 4.39 Å². The molecule has 2 aromatic rings. The molecule has 0 saturated heterocycles. The summed E-state index contributed by atoms with van der Waals surface area (Å²) in [5.74, 6) is -1.24. The van der Waals surface area contributed by atoms with Crippen molar-refractivity contribution in [1.82, 2.24) is 10.2 Å². The van der Waals surface area contributed by atoms with Crippen LogP contribution in [0, 0.1) is 5.82 Å². The number of nitrogens with zero attached hydrogens (tertiary/aromatic N) is 2. The number of methoxy groups -OCH3 is 1. The Morgan fingerprint density at radius 3 is 2.63 bits per heavy atom. The number of aromatic nitrogens is 2. The fourth-order valence-electron chi connectivity index (χ4n) is 1.54. The zero-order chi connectivity index (χ0) is 14.0. The molecular formula is C12H7Cl2FN2O2. The van der Waals surface area contributed by atoms with Crippen LogP contribution in [0.5, 0.6) is 0 Å². The second-order valence-corrected chi connectivity index (χ2v) is 4.34. The summed E-state index contributed by atoms with van der Waals surface area (Å²) in [5, 5.41) is 7.36. The zero-order valence-corrected chi connectivity index (χ0v) is 11.2. The van der Waals surface area contributed by atoms with Crippen molar-refractivity contribution in [3.8, 4) is 11.1 Å². The molecule has 2 rings (SSSR count). The maximum atomic E-state index is 13.5. The van der Waals surface area contributed by atoms with Gasteiger partial charge in [0.25, 0.3) is 0 Å². The van der Waals surface area contributed by atoms with Gasteiger partial charge >= 0.3 is 5.97 Å². The highest BCUT2D eigenvalue weighted by molar-refractivity contribution is 6.33. The predicted molar refractivity (Wildman–Crippen MR) is 68.8 cm³/mol. The number of hydrogen-bond acceptors (Lipinski definition) is 4. The lowest BCUT2D eigenvalue weighted by Crippen LogP contribution is -2.02. The van der Waals surface area contributed by atoms with Crippen molar-refractivity contribution in [3.63, 3.8) is 0 Å². The highest BCUT2D eigenvalue weighted by atomic mass is 35.5. The van der Waals surface area contributed by atoms with Gasteiger partial charge in [0, 0.05) is 5.56 Å². The Labute approximate surface area is 118 Å². The van der Waals surface area contributed by atoms with Gasteiger partial charge in [-0.3, -0.25) is 0 Å². The number of carbonyl (C=O) groups is 1. The molecule has 0 fully saturated rings. The van der Waals surface area contributed by atoms with E-state index in [9.17, 15) is 9.18 Å². The van der Waals surface area contributed by atoms with E-state index >= 15 is 0 Å². The van der Waals surface area contributed by atoms with Gasteiger partial charge in [-0.25, -0.2) is 9.18 Å². The number of benzene rings is 1. The van der Waals surface area contributed by atoms with E-state index in [4.69, 9.17) is 23.2 Å². The molecule has 1 aromatic heterocycles. The lowest BCUT2D eigenvalue weighted by molar-refractivity contribution is 0.0600. The van der Waals surface area contributed by atoms with E-state index in [1.807, 2.05) is 0 Å². The Bertz CT molecular complexity index is 650. The number of esters is 1. The first kappa shape index (κ1) is 13.7. The average Bonchev–Trinajstić information content (AvgIpc) is 2.39. The molecule has 0 amide bonds. The van der Waals surface area contributed by atoms with Crippen molar-refractivity contribution in [1.29, 1.82) is 0 Å². The lowest BCUT2D eigenvalue weighted by atomic mass is 10.0. The maximum absolute atomic E-state index is 13.5.